The summed E-state index contributed by atoms with van der Waals surface area (Å²) in [5.74, 6) is -0.660. The first-order chi connectivity index (χ1) is 9.56. The lowest BCUT2D eigenvalue weighted by molar-refractivity contribution is 0.100. The van der Waals surface area contributed by atoms with E-state index < -0.39 is 5.91 Å². The molecule has 0 aliphatic carbocycles. The molecule has 0 saturated carbocycles. The minimum atomic E-state index is -0.427. The summed E-state index contributed by atoms with van der Waals surface area (Å²) >= 11 is 0. The van der Waals surface area contributed by atoms with Crippen LogP contribution in [0.25, 0.3) is 0 Å². The second-order valence-corrected chi connectivity index (χ2v) is 4.72. The molecule has 0 bridgehead atoms. The largest absolute Gasteiger partial charge is 0.366 e. The molecule has 4 heteroatoms. The zero-order valence-electron chi connectivity index (χ0n) is 11.3. The quantitative estimate of drug-likeness (QED) is 0.879. The van der Waals surface area contributed by atoms with Crippen molar-refractivity contribution in [1.82, 2.24) is 5.32 Å². The lowest BCUT2D eigenvalue weighted by atomic mass is 10.1. The number of nitrogens with two attached hydrogens (primary N) is 1. The lowest BCUT2D eigenvalue weighted by Crippen LogP contribution is -2.18. The Morgan fingerprint density at radius 3 is 2.30 bits per heavy atom. The monoisotopic (exact) mass is 272 g/mol. The summed E-state index contributed by atoms with van der Waals surface area (Å²) in [5.41, 5.74) is 7.78. The number of carbonyl (C=O) groups excluding carboxylic acids is 1. The van der Waals surface area contributed by atoms with Crippen molar-refractivity contribution >= 4 is 5.91 Å². The van der Waals surface area contributed by atoms with Crippen LogP contribution in [-0.4, -0.2) is 5.91 Å². The third-order valence-corrected chi connectivity index (χ3v) is 3.22. The zero-order valence-corrected chi connectivity index (χ0v) is 11.3. The van der Waals surface area contributed by atoms with Gasteiger partial charge in [-0.1, -0.05) is 24.3 Å². The predicted octanol–water partition coefficient (Wildman–Crippen LogP) is 2.78. The highest BCUT2D eigenvalue weighted by Gasteiger charge is 2.05. The van der Waals surface area contributed by atoms with Crippen LogP contribution in [0, 0.1) is 5.82 Å². The highest BCUT2D eigenvalue weighted by molar-refractivity contribution is 5.92. The summed E-state index contributed by atoms with van der Waals surface area (Å²) in [4.78, 5) is 11.0. The Kier molecular flexibility index (Phi) is 4.48. The first-order valence-electron chi connectivity index (χ1n) is 6.44. The van der Waals surface area contributed by atoms with E-state index in [0.717, 1.165) is 11.1 Å². The number of hydrogen-bond donors (Lipinski definition) is 2. The number of carbonyl (C=O) groups is 1. The minimum Gasteiger partial charge on any atom is -0.366 e. The van der Waals surface area contributed by atoms with Crippen molar-refractivity contribution in [3.05, 3.63) is 71.0 Å². The van der Waals surface area contributed by atoms with Crippen molar-refractivity contribution in [3.63, 3.8) is 0 Å². The Morgan fingerprint density at radius 2 is 1.75 bits per heavy atom. The molecule has 1 amide bonds. The van der Waals surface area contributed by atoms with Gasteiger partial charge in [-0.05, 0) is 42.3 Å². The highest BCUT2D eigenvalue weighted by atomic mass is 19.1. The number of primary amides is 1. The average Bonchev–Trinajstić information content (AvgIpc) is 2.46. The molecular formula is C16H17FN2O. The van der Waals surface area contributed by atoms with Crippen molar-refractivity contribution in [3.8, 4) is 0 Å². The number of hydrogen-bond acceptors (Lipinski definition) is 2. The second kappa shape index (κ2) is 6.30. The van der Waals surface area contributed by atoms with Gasteiger partial charge >= 0.3 is 0 Å². The Morgan fingerprint density at radius 1 is 1.15 bits per heavy atom. The van der Waals surface area contributed by atoms with E-state index in [4.69, 9.17) is 5.73 Å². The first-order valence-corrected chi connectivity index (χ1v) is 6.44. The van der Waals surface area contributed by atoms with Crippen LogP contribution in [0.3, 0.4) is 0 Å². The standard InChI is InChI=1S/C16H17FN2O/c1-11(13-6-8-15(17)9-7-13)19-10-12-2-4-14(5-3-12)16(18)20/h2-9,11,19H,10H2,1H3,(H2,18,20)/t11-/m0/s1. The van der Waals surface area contributed by atoms with Gasteiger partial charge in [-0.15, -0.1) is 0 Å². The van der Waals surface area contributed by atoms with Crippen molar-refractivity contribution in [2.75, 3.05) is 0 Å². The van der Waals surface area contributed by atoms with Crippen LogP contribution in [0.1, 0.15) is 34.5 Å². The third kappa shape index (κ3) is 3.65. The van der Waals surface area contributed by atoms with Crippen LogP contribution in [0.5, 0.6) is 0 Å². The molecule has 0 aromatic heterocycles. The maximum atomic E-state index is 12.8. The van der Waals surface area contributed by atoms with Gasteiger partial charge in [-0.2, -0.15) is 0 Å². The molecule has 3 nitrogen and oxygen atoms in total. The fourth-order valence-corrected chi connectivity index (χ4v) is 1.93. The molecule has 0 heterocycles. The normalized spacial score (nSPS) is 12.1. The minimum absolute atomic E-state index is 0.117. The van der Waals surface area contributed by atoms with Gasteiger partial charge in [0.1, 0.15) is 5.82 Å². The van der Waals surface area contributed by atoms with Gasteiger partial charge in [-0.25, -0.2) is 4.39 Å². The first kappa shape index (κ1) is 14.2. The van der Waals surface area contributed by atoms with Gasteiger partial charge in [-0.3, -0.25) is 4.79 Å². The molecule has 0 aliphatic heterocycles. The van der Waals surface area contributed by atoms with Gasteiger partial charge in [0.25, 0.3) is 0 Å². The number of rotatable bonds is 5. The summed E-state index contributed by atoms with van der Waals surface area (Å²) < 4.78 is 12.8. The topological polar surface area (TPSA) is 55.1 Å². The Balaban J connectivity index is 1.94. The lowest BCUT2D eigenvalue weighted by Gasteiger charge is -2.14. The molecule has 0 fully saturated rings. The van der Waals surface area contributed by atoms with Crippen LogP contribution in [-0.2, 0) is 6.54 Å². The number of halogens is 1. The van der Waals surface area contributed by atoms with Gasteiger partial charge in [0.15, 0.2) is 0 Å². The van der Waals surface area contributed by atoms with Crippen molar-refractivity contribution in [1.29, 1.82) is 0 Å². The molecular weight excluding hydrogens is 255 g/mol. The van der Waals surface area contributed by atoms with E-state index in [0.29, 0.717) is 12.1 Å². The molecule has 3 N–H and O–H groups in total. The molecule has 2 rings (SSSR count). The van der Waals surface area contributed by atoms with Crippen LogP contribution in [0.15, 0.2) is 48.5 Å². The summed E-state index contributed by atoms with van der Waals surface area (Å²) in [6.45, 7) is 2.68. The fraction of sp³-hybridized carbons (Fsp3) is 0.188. The molecule has 1 atom stereocenters. The van der Waals surface area contributed by atoms with Gasteiger partial charge < -0.3 is 11.1 Å². The SMILES string of the molecule is C[C@H](NCc1ccc(C(N)=O)cc1)c1ccc(F)cc1. The molecule has 0 saturated heterocycles. The second-order valence-electron chi connectivity index (χ2n) is 4.72. The molecule has 20 heavy (non-hydrogen) atoms. The maximum Gasteiger partial charge on any atom is 0.248 e. The maximum absolute atomic E-state index is 12.8. The van der Waals surface area contributed by atoms with Crippen molar-refractivity contribution in [2.24, 2.45) is 5.73 Å². The van der Waals surface area contributed by atoms with Crippen molar-refractivity contribution < 1.29 is 9.18 Å². The Hall–Kier alpha value is -2.20. The zero-order chi connectivity index (χ0) is 14.5. The molecule has 2 aromatic carbocycles. The van der Waals surface area contributed by atoms with E-state index >= 15 is 0 Å². The molecule has 0 spiro atoms. The summed E-state index contributed by atoms with van der Waals surface area (Å²) in [6.07, 6.45) is 0. The van der Waals surface area contributed by atoms with E-state index in [1.54, 1.807) is 24.3 Å². The van der Waals surface area contributed by atoms with E-state index in [1.807, 2.05) is 19.1 Å². The summed E-state index contributed by atoms with van der Waals surface area (Å²) in [7, 11) is 0. The van der Waals surface area contributed by atoms with Crippen LogP contribution in [0.2, 0.25) is 0 Å². The predicted molar refractivity (Wildman–Crippen MR) is 76.6 cm³/mol. The van der Waals surface area contributed by atoms with Gasteiger partial charge in [0, 0.05) is 18.2 Å². The van der Waals surface area contributed by atoms with Gasteiger partial charge in [0.05, 0.1) is 0 Å². The molecule has 0 radical (unpaired) electrons. The van der Waals surface area contributed by atoms with E-state index in [1.165, 1.54) is 12.1 Å². The Labute approximate surface area is 117 Å². The van der Waals surface area contributed by atoms with E-state index in [2.05, 4.69) is 5.32 Å². The number of nitrogens with one attached hydrogen (secondary N) is 1. The summed E-state index contributed by atoms with van der Waals surface area (Å²) in [6, 6.07) is 13.7. The van der Waals surface area contributed by atoms with Crippen molar-refractivity contribution in [2.45, 2.75) is 19.5 Å². The molecule has 2 aromatic rings. The van der Waals surface area contributed by atoms with Crippen LogP contribution < -0.4 is 11.1 Å². The van der Waals surface area contributed by atoms with Crippen LogP contribution >= 0.6 is 0 Å². The average molecular weight is 272 g/mol. The molecule has 104 valence electrons. The Bertz CT molecular complexity index is 578. The van der Waals surface area contributed by atoms with Crippen LogP contribution in [0.4, 0.5) is 4.39 Å². The fourth-order valence-electron chi connectivity index (χ4n) is 1.93. The van der Waals surface area contributed by atoms with Gasteiger partial charge in [0.2, 0.25) is 5.91 Å². The summed E-state index contributed by atoms with van der Waals surface area (Å²) in [5, 5.41) is 3.34. The number of amides is 1. The number of benzene rings is 2. The molecule has 0 aliphatic rings. The highest BCUT2D eigenvalue weighted by Crippen LogP contribution is 2.14. The molecule has 0 unspecified atom stereocenters. The van der Waals surface area contributed by atoms with E-state index in [-0.39, 0.29) is 11.9 Å². The third-order valence-electron chi connectivity index (χ3n) is 3.22. The van der Waals surface area contributed by atoms with E-state index in [9.17, 15) is 9.18 Å². The smallest absolute Gasteiger partial charge is 0.248 e.